The molecule has 8 nitrogen and oxygen atoms in total. The highest BCUT2D eigenvalue weighted by molar-refractivity contribution is 5.93. The lowest BCUT2D eigenvalue weighted by Gasteiger charge is -2.26. The summed E-state index contributed by atoms with van der Waals surface area (Å²) in [6.07, 6.45) is 0.608. The Kier molecular flexibility index (Phi) is 3.33. The van der Waals surface area contributed by atoms with Crippen LogP contribution in [0.5, 0.6) is 5.88 Å². The molecule has 1 N–H and O–H groups in total. The van der Waals surface area contributed by atoms with Gasteiger partial charge in [0.15, 0.2) is 5.69 Å². The van der Waals surface area contributed by atoms with Gasteiger partial charge in [-0.1, -0.05) is 41.6 Å². The first-order valence-electron chi connectivity index (χ1n) is 9.83. The molecule has 0 spiro atoms. The van der Waals surface area contributed by atoms with Gasteiger partial charge in [0.05, 0.1) is 17.8 Å². The average Bonchev–Trinajstić information content (AvgIpc) is 3.51. The topological polar surface area (TPSA) is 93.5 Å². The van der Waals surface area contributed by atoms with Gasteiger partial charge in [-0.25, -0.2) is 9.36 Å². The molecule has 8 heteroatoms. The Labute approximate surface area is 170 Å². The second-order valence-electron chi connectivity index (χ2n) is 7.88. The van der Waals surface area contributed by atoms with E-state index in [-0.39, 0.29) is 35.3 Å². The van der Waals surface area contributed by atoms with Crippen LogP contribution < -0.4 is 5.69 Å². The molecule has 4 heterocycles. The predicted octanol–water partition coefficient (Wildman–Crippen LogP) is 2.94. The largest absolute Gasteiger partial charge is 0.493 e. The standard InChI is InChI=1S/C22H18N4O4/c1-12-9-16(23-30-12)20(27)24-11-14-10-18(24)19-21(28)26(22(29)25(14)19)17-8-4-6-13-5-2-3-7-15(13)17/h2-9,14,18,28H,10-11H2,1H3. The van der Waals surface area contributed by atoms with Gasteiger partial charge in [0.25, 0.3) is 5.91 Å². The molecule has 0 radical (unpaired) electrons. The number of nitrogens with zero attached hydrogens (tertiary/aromatic N) is 4. The summed E-state index contributed by atoms with van der Waals surface area (Å²) in [5, 5.41) is 16.8. The van der Waals surface area contributed by atoms with Crippen molar-refractivity contribution in [3.05, 3.63) is 76.2 Å². The minimum atomic E-state index is -0.372. The molecule has 2 aromatic carbocycles. The van der Waals surface area contributed by atoms with Crippen LogP contribution in [0, 0.1) is 6.92 Å². The van der Waals surface area contributed by atoms with Crippen molar-refractivity contribution in [1.82, 2.24) is 19.2 Å². The zero-order valence-electron chi connectivity index (χ0n) is 16.1. The molecule has 0 saturated carbocycles. The second kappa shape index (κ2) is 5.85. The Morgan fingerprint density at radius 1 is 1.20 bits per heavy atom. The number of carbonyl (C=O) groups is 1. The zero-order valence-corrected chi connectivity index (χ0v) is 16.1. The Morgan fingerprint density at radius 2 is 2.00 bits per heavy atom. The third-order valence-corrected chi connectivity index (χ3v) is 6.17. The number of rotatable bonds is 2. The molecule has 1 fully saturated rings. The zero-order chi connectivity index (χ0) is 20.6. The molecule has 150 valence electrons. The Hall–Kier alpha value is -3.81. The summed E-state index contributed by atoms with van der Waals surface area (Å²) in [7, 11) is 0. The van der Waals surface area contributed by atoms with Crippen LogP contribution in [-0.2, 0) is 0 Å². The number of fused-ring (bicyclic) bond motifs is 6. The second-order valence-corrected chi connectivity index (χ2v) is 7.88. The van der Waals surface area contributed by atoms with Gasteiger partial charge in [-0.2, -0.15) is 0 Å². The van der Waals surface area contributed by atoms with Crippen LogP contribution in [0.15, 0.2) is 57.8 Å². The third kappa shape index (κ3) is 2.13. The van der Waals surface area contributed by atoms with Crippen LogP contribution in [0.3, 0.4) is 0 Å². The normalized spacial score (nSPS) is 19.6. The van der Waals surface area contributed by atoms with Gasteiger partial charge in [-0.05, 0) is 24.8 Å². The third-order valence-electron chi connectivity index (χ3n) is 6.17. The number of likely N-dealkylation sites (tertiary alicyclic amines) is 1. The molecule has 2 aromatic heterocycles. The summed E-state index contributed by atoms with van der Waals surface area (Å²) >= 11 is 0. The molecular formula is C22H18N4O4. The predicted molar refractivity (Wildman–Crippen MR) is 108 cm³/mol. The molecule has 30 heavy (non-hydrogen) atoms. The Bertz CT molecular complexity index is 1390. The lowest BCUT2D eigenvalue weighted by molar-refractivity contribution is 0.0700. The lowest BCUT2D eigenvalue weighted by Crippen LogP contribution is -2.38. The van der Waals surface area contributed by atoms with Gasteiger partial charge in [0.2, 0.25) is 5.88 Å². The maximum atomic E-state index is 13.3. The number of aryl methyl sites for hydroxylation is 1. The quantitative estimate of drug-likeness (QED) is 0.556. The van der Waals surface area contributed by atoms with E-state index in [0.29, 0.717) is 30.1 Å². The SMILES string of the molecule is Cc1cc(C(=O)N2CC3CC2c2c(O)n(-c4cccc5ccccc45)c(=O)n23)no1. The van der Waals surface area contributed by atoms with Crippen LogP contribution in [0.1, 0.15) is 40.4 Å². The van der Waals surface area contributed by atoms with E-state index in [9.17, 15) is 14.7 Å². The van der Waals surface area contributed by atoms with E-state index in [1.165, 1.54) is 4.57 Å². The molecule has 1 saturated heterocycles. The van der Waals surface area contributed by atoms with Gasteiger partial charge in [0, 0.05) is 18.0 Å². The van der Waals surface area contributed by atoms with Crippen LogP contribution in [0.25, 0.3) is 16.5 Å². The van der Waals surface area contributed by atoms with E-state index in [4.69, 9.17) is 4.52 Å². The highest BCUT2D eigenvalue weighted by atomic mass is 16.5. The molecule has 4 aromatic rings. The average molecular weight is 402 g/mol. The van der Waals surface area contributed by atoms with Gasteiger partial charge < -0.3 is 14.5 Å². The smallest absolute Gasteiger partial charge is 0.336 e. The van der Waals surface area contributed by atoms with Gasteiger partial charge >= 0.3 is 5.69 Å². The Balaban J connectivity index is 1.49. The minimum Gasteiger partial charge on any atom is -0.493 e. The molecule has 2 unspecified atom stereocenters. The molecule has 1 amide bonds. The summed E-state index contributed by atoms with van der Waals surface area (Å²) < 4.78 is 8.02. The number of carbonyl (C=O) groups excluding carboxylic acids is 1. The van der Waals surface area contributed by atoms with Crippen LogP contribution >= 0.6 is 0 Å². The van der Waals surface area contributed by atoms with Crippen molar-refractivity contribution in [2.45, 2.75) is 25.4 Å². The molecule has 2 bridgehead atoms. The number of imidazole rings is 1. The van der Waals surface area contributed by atoms with E-state index in [2.05, 4.69) is 5.16 Å². The number of hydrogen-bond acceptors (Lipinski definition) is 5. The summed E-state index contributed by atoms with van der Waals surface area (Å²) in [5.41, 5.74) is 1.07. The maximum absolute atomic E-state index is 13.3. The van der Waals surface area contributed by atoms with E-state index >= 15 is 0 Å². The fourth-order valence-electron chi connectivity index (χ4n) is 4.91. The monoisotopic (exact) mass is 402 g/mol. The van der Waals surface area contributed by atoms with Crippen LogP contribution in [-0.4, -0.2) is 36.7 Å². The maximum Gasteiger partial charge on any atom is 0.336 e. The minimum absolute atomic E-state index is 0.113. The van der Waals surface area contributed by atoms with Gasteiger partial charge in [0.1, 0.15) is 11.5 Å². The number of amides is 1. The summed E-state index contributed by atoms with van der Waals surface area (Å²) in [6.45, 7) is 2.13. The fourth-order valence-corrected chi connectivity index (χ4v) is 4.91. The van der Waals surface area contributed by atoms with Crippen molar-refractivity contribution < 1.29 is 14.4 Å². The number of hydrogen-bond donors (Lipinski definition) is 1. The van der Waals surface area contributed by atoms with Crippen LogP contribution in [0.4, 0.5) is 0 Å². The van der Waals surface area contributed by atoms with E-state index in [1.807, 2.05) is 42.5 Å². The number of aromatic nitrogens is 3. The van der Waals surface area contributed by atoms with Crippen molar-refractivity contribution >= 4 is 16.7 Å². The molecule has 0 aliphatic carbocycles. The van der Waals surface area contributed by atoms with Crippen LogP contribution in [0.2, 0.25) is 0 Å². The molecular weight excluding hydrogens is 384 g/mol. The van der Waals surface area contributed by atoms with Crippen molar-refractivity contribution in [1.29, 1.82) is 0 Å². The molecule has 2 aliphatic rings. The summed E-state index contributed by atoms with van der Waals surface area (Å²) in [5.74, 6) is 0.192. The van der Waals surface area contributed by atoms with Crippen molar-refractivity contribution in [3.8, 4) is 11.6 Å². The van der Waals surface area contributed by atoms with Crippen molar-refractivity contribution in [3.63, 3.8) is 0 Å². The first-order valence-corrected chi connectivity index (χ1v) is 9.83. The first kappa shape index (κ1) is 17.1. The number of benzene rings is 2. The van der Waals surface area contributed by atoms with E-state index < -0.39 is 0 Å². The molecule has 2 aliphatic heterocycles. The van der Waals surface area contributed by atoms with E-state index in [1.54, 1.807) is 22.5 Å². The van der Waals surface area contributed by atoms with Gasteiger partial charge in [-0.15, -0.1) is 0 Å². The van der Waals surface area contributed by atoms with Gasteiger partial charge in [-0.3, -0.25) is 9.36 Å². The Morgan fingerprint density at radius 3 is 2.80 bits per heavy atom. The first-order chi connectivity index (χ1) is 14.5. The highest BCUT2D eigenvalue weighted by Gasteiger charge is 2.49. The highest BCUT2D eigenvalue weighted by Crippen LogP contribution is 2.49. The summed E-state index contributed by atoms with van der Waals surface area (Å²) in [6, 6.07) is 14.4. The fraction of sp³-hybridized carbons (Fsp3) is 0.227. The molecule has 2 atom stereocenters. The summed E-state index contributed by atoms with van der Waals surface area (Å²) in [4.78, 5) is 27.9. The van der Waals surface area contributed by atoms with Crippen molar-refractivity contribution in [2.75, 3.05) is 6.54 Å². The molecule has 6 rings (SSSR count). The lowest BCUT2D eigenvalue weighted by atomic mass is 10.1. The van der Waals surface area contributed by atoms with Crippen molar-refractivity contribution in [2.24, 2.45) is 0 Å². The number of aromatic hydroxyl groups is 1. The van der Waals surface area contributed by atoms with E-state index in [0.717, 1.165) is 10.8 Å².